The maximum atomic E-state index is 11.7. The van der Waals surface area contributed by atoms with Crippen molar-refractivity contribution >= 4 is 23.4 Å². The Hall–Kier alpha value is -3.75. The van der Waals surface area contributed by atoms with Crippen LogP contribution < -0.4 is 15.0 Å². The molecule has 0 aliphatic carbocycles. The molecular weight excluding hydrogens is 418 g/mol. The summed E-state index contributed by atoms with van der Waals surface area (Å²) in [6.45, 7) is 5.18. The largest absolute Gasteiger partial charge is 0.497 e. The fraction of sp³-hybridized carbons (Fsp3) is 0.375. The van der Waals surface area contributed by atoms with E-state index >= 15 is 0 Å². The Kier molecular flexibility index (Phi) is 5.53. The van der Waals surface area contributed by atoms with Gasteiger partial charge in [-0.2, -0.15) is 0 Å². The number of ether oxygens (including phenoxy) is 1. The van der Waals surface area contributed by atoms with Crippen LogP contribution in [0.1, 0.15) is 19.8 Å². The molecule has 2 aliphatic rings. The lowest BCUT2D eigenvalue weighted by molar-refractivity contribution is -0.131. The molecule has 0 radical (unpaired) electrons. The number of nitrogens with zero attached hydrogens (tertiary/aromatic N) is 6. The zero-order valence-corrected chi connectivity index (χ0v) is 18.9. The minimum Gasteiger partial charge on any atom is -0.497 e. The van der Waals surface area contributed by atoms with Crippen LogP contribution in [0.3, 0.4) is 0 Å². The second kappa shape index (κ2) is 8.65. The summed E-state index contributed by atoms with van der Waals surface area (Å²) < 4.78 is 5.31. The molecule has 3 aromatic heterocycles. The van der Waals surface area contributed by atoms with Crippen LogP contribution in [-0.4, -0.2) is 64.0 Å². The van der Waals surface area contributed by atoms with Crippen LogP contribution in [0.5, 0.6) is 5.75 Å². The number of piperidine rings is 1. The molecule has 2 saturated heterocycles. The van der Waals surface area contributed by atoms with Crippen molar-refractivity contribution < 1.29 is 9.53 Å². The number of nitrogens with one attached hydrogen (secondary N) is 1. The van der Waals surface area contributed by atoms with E-state index < -0.39 is 0 Å². The van der Waals surface area contributed by atoms with E-state index in [-0.39, 0.29) is 11.3 Å². The van der Waals surface area contributed by atoms with Gasteiger partial charge in [0.2, 0.25) is 5.91 Å². The molecule has 170 valence electrons. The zero-order valence-electron chi connectivity index (χ0n) is 18.9. The number of carbonyl (C=O) groups is 1. The van der Waals surface area contributed by atoms with Crippen LogP contribution in [0.4, 0.5) is 17.5 Å². The van der Waals surface area contributed by atoms with Crippen molar-refractivity contribution in [2.45, 2.75) is 19.8 Å². The molecule has 9 heteroatoms. The van der Waals surface area contributed by atoms with Crippen LogP contribution in [0.15, 0.2) is 48.9 Å². The molecule has 0 aromatic carbocycles. The molecule has 0 saturated carbocycles. The fourth-order valence-corrected chi connectivity index (χ4v) is 4.56. The monoisotopic (exact) mass is 445 g/mol. The van der Waals surface area contributed by atoms with Gasteiger partial charge < -0.3 is 19.9 Å². The SMILES string of the molecule is COc1ccnc(Nc2cc(N3CC4(CCN(C(C)=O)CC4)C3)nc(-c3cccnc3)n2)c1. The molecule has 0 bridgehead atoms. The summed E-state index contributed by atoms with van der Waals surface area (Å²) in [5, 5.41) is 3.29. The highest BCUT2D eigenvalue weighted by atomic mass is 16.5. The molecule has 9 nitrogen and oxygen atoms in total. The Morgan fingerprint density at radius 3 is 2.61 bits per heavy atom. The third kappa shape index (κ3) is 4.44. The molecule has 1 amide bonds. The molecule has 0 atom stereocenters. The number of aromatic nitrogens is 4. The van der Waals surface area contributed by atoms with Gasteiger partial charge in [-0.1, -0.05) is 0 Å². The quantitative estimate of drug-likeness (QED) is 0.640. The van der Waals surface area contributed by atoms with Crippen LogP contribution in [0, 0.1) is 5.41 Å². The van der Waals surface area contributed by atoms with Crippen molar-refractivity contribution in [3.8, 4) is 17.1 Å². The summed E-state index contributed by atoms with van der Waals surface area (Å²) in [4.78, 5) is 34.1. The fourth-order valence-electron chi connectivity index (χ4n) is 4.56. The maximum absolute atomic E-state index is 11.7. The Bertz CT molecular complexity index is 1140. The van der Waals surface area contributed by atoms with Crippen LogP contribution in [0.2, 0.25) is 0 Å². The number of hydrogen-bond donors (Lipinski definition) is 1. The Morgan fingerprint density at radius 1 is 1.09 bits per heavy atom. The van der Waals surface area contributed by atoms with E-state index in [0.29, 0.717) is 17.5 Å². The van der Waals surface area contributed by atoms with E-state index in [9.17, 15) is 4.79 Å². The highest BCUT2D eigenvalue weighted by Crippen LogP contribution is 2.42. The lowest BCUT2D eigenvalue weighted by Gasteiger charge is -2.54. The summed E-state index contributed by atoms with van der Waals surface area (Å²) in [5.41, 5.74) is 1.11. The highest BCUT2D eigenvalue weighted by Gasteiger charge is 2.45. The summed E-state index contributed by atoms with van der Waals surface area (Å²) in [7, 11) is 1.63. The van der Waals surface area contributed by atoms with E-state index in [4.69, 9.17) is 14.7 Å². The first-order valence-electron chi connectivity index (χ1n) is 11.1. The Balaban J connectivity index is 1.39. The number of rotatable bonds is 5. The number of anilines is 3. The van der Waals surface area contributed by atoms with Gasteiger partial charge in [0.25, 0.3) is 0 Å². The summed E-state index contributed by atoms with van der Waals surface area (Å²) in [5.74, 6) is 3.67. The minimum atomic E-state index is 0.166. The third-order valence-corrected chi connectivity index (χ3v) is 6.50. The van der Waals surface area contributed by atoms with E-state index in [1.807, 2.05) is 29.2 Å². The van der Waals surface area contributed by atoms with Crippen molar-refractivity contribution in [1.82, 2.24) is 24.8 Å². The van der Waals surface area contributed by atoms with E-state index in [0.717, 1.165) is 56.2 Å². The van der Waals surface area contributed by atoms with E-state index in [1.165, 1.54) is 0 Å². The van der Waals surface area contributed by atoms with Crippen molar-refractivity contribution in [3.63, 3.8) is 0 Å². The van der Waals surface area contributed by atoms with E-state index in [2.05, 4.69) is 20.2 Å². The predicted octanol–water partition coefficient (Wildman–Crippen LogP) is 3.13. The third-order valence-electron chi connectivity index (χ3n) is 6.50. The summed E-state index contributed by atoms with van der Waals surface area (Å²) >= 11 is 0. The van der Waals surface area contributed by atoms with Gasteiger partial charge in [-0.15, -0.1) is 0 Å². The van der Waals surface area contributed by atoms with Crippen molar-refractivity contribution in [2.24, 2.45) is 5.41 Å². The molecule has 5 rings (SSSR count). The predicted molar refractivity (Wildman–Crippen MR) is 125 cm³/mol. The van der Waals surface area contributed by atoms with Crippen LogP contribution >= 0.6 is 0 Å². The highest BCUT2D eigenvalue weighted by molar-refractivity contribution is 5.73. The first-order chi connectivity index (χ1) is 16.0. The summed E-state index contributed by atoms with van der Waals surface area (Å²) in [6.07, 6.45) is 7.25. The zero-order chi connectivity index (χ0) is 22.8. The van der Waals surface area contributed by atoms with Gasteiger partial charge in [0.05, 0.1) is 7.11 Å². The van der Waals surface area contributed by atoms with Crippen LogP contribution in [-0.2, 0) is 4.79 Å². The lowest BCUT2D eigenvalue weighted by Crippen LogP contribution is -2.61. The maximum Gasteiger partial charge on any atom is 0.219 e. The van der Waals surface area contributed by atoms with Gasteiger partial charge in [0.1, 0.15) is 23.2 Å². The molecule has 3 aromatic rings. The molecular formula is C24H27N7O2. The average Bonchev–Trinajstić information content (AvgIpc) is 2.83. The molecule has 33 heavy (non-hydrogen) atoms. The van der Waals surface area contributed by atoms with Gasteiger partial charge >= 0.3 is 0 Å². The number of likely N-dealkylation sites (tertiary alicyclic amines) is 1. The van der Waals surface area contributed by atoms with Gasteiger partial charge in [0.15, 0.2) is 5.82 Å². The second-order valence-electron chi connectivity index (χ2n) is 8.74. The van der Waals surface area contributed by atoms with Crippen molar-refractivity contribution in [1.29, 1.82) is 0 Å². The molecule has 2 aliphatic heterocycles. The molecule has 0 unspecified atom stereocenters. The van der Waals surface area contributed by atoms with Crippen molar-refractivity contribution in [3.05, 3.63) is 48.9 Å². The smallest absolute Gasteiger partial charge is 0.219 e. The lowest BCUT2D eigenvalue weighted by atomic mass is 9.72. The average molecular weight is 446 g/mol. The number of hydrogen-bond acceptors (Lipinski definition) is 8. The molecule has 1 spiro atoms. The van der Waals surface area contributed by atoms with Gasteiger partial charge in [-0.05, 0) is 31.0 Å². The summed E-state index contributed by atoms with van der Waals surface area (Å²) in [6, 6.07) is 9.42. The minimum absolute atomic E-state index is 0.166. The number of pyridine rings is 2. The van der Waals surface area contributed by atoms with Gasteiger partial charge in [0, 0.05) is 74.8 Å². The standard InChI is InChI=1S/C24H27N7O2/c1-17(32)30-10-6-24(7-11-30)15-31(16-24)22-13-21(27-20-12-19(33-2)5-9-26-20)28-23(29-22)18-4-3-8-25-14-18/h3-5,8-9,12-14H,6-7,10-11,15-16H2,1-2H3,(H,26,27,28,29). The number of carbonyl (C=O) groups excluding carboxylic acids is 1. The normalized spacial score (nSPS) is 16.9. The second-order valence-corrected chi connectivity index (χ2v) is 8.74. The number of amides is 1. The van der Waals surface area contributed by atoms with Crippen molar-refractivity contribution in [2.75, 3.05) is 43.5 Å². The Labute approximate surface area is 192 Å². The van der Waals surface area contributed by atoms with E-state index in [1.54, 1.807) is 38.7 Å². The molecule has 1 N–H and O–H groups in total. The number of methoxy groups -OCH3 is 1. The first-order valence-corrected chi connectivity index (χ1v) is 11.1. The molecule has 5 heterocycles. The van der Waals surface area contributed by atoms with Gasteiger partial charge in [-0.25, -0.2) is 15.0 Å². The topological polar surface area (TPSA) is 96.4 Å². The van der Waals surface area contributed by atoms with Crippen LogP contribution in [0.25, 0.3) is 11.4 Å². The van der Waals surface area contributed by atoms with Gasteiger partial charge in [-0.3, -0.25) is 9.78 Å². The Morgan fingerprint density at radius 2 is 1.91 bits per heavy atom. The molecule has 2 fully saturated rings. The first kappa shape index (κ1) is 21.1.